The number of benzene rings is 3. The van der Waals surface area contributed by atoms with Gasteiger partial charge in [0.2, 0.25) is 0 Å². The maximum Gasteiger partial charge on any atom is 0.150 e. The van der Waals surface area contributed by atoms with Gasteiger partial charge in [0.1, 0.15) is 30.0 Å². The van der Waals surface area contributed by atoms with E-state index in [0.29, 0.717) is 6.61 Å². The number of phenolic OH excluding ortho intramolecular Hbond substituents is 1. The number of alkyl halides is 1. The molecule has 0 amide bonds. The van der Waals surface area contributed by atoms with Gasteiger partial charge in [-0.05, 0) is 60.9 Å². The molecule has 0 saturated carbocycles. The van der Waals surface area contributed by atoms with Crippen molar-refractivity contribution < 1.29 is 19.0 Å². The van der Waals surface area contributed by atoms with Crippen LogP contribution in [0.25, 0.3) is 11.1 Å². The molecule has 0 aliphatic carbocycles. The predicted octanol–water partition coefficient (Wildman–Crippen LogP) is 6.05. The van der Waals surface area contributed by atoms with Crippen LogP contribution in [0.1, 0.15) is 35.3 Å². The fourth-order valence-electron chi connectivity index (χ4n) is 4.77. The zero-order valence-electron chi connectivity index (χ0n) is 19.6. The van der Waals surface area contributed by atoms with E-state index < -0.39 is 0 Å². The summed E-state index contributed by atoms with van der Waals surface area (Å²) in [5, 5.41) is 10.1. The molecule has 34 heavy (non-hydrogen) atoms. The summed E-state index contributed by atoms with van der Waals surface area (Å²) < 4.78 is 25.0. The quantitative estimate of drug-likeness (QED) is 0.467. The first-order valence-electron chi connectivity index (χ1n) is 11.8. The van der Waals surface area contributed by atoms with Gasteiger partial charge in [-0.1, -0.05) is 42.0 Å². The molecule has 0 unspecified atom stereocenters. The zero-order chi connectivity index (χ0) is 23.7. The second-order valence-corrected chi connectivity index (χ2v) is 9.28. The van der Waals surface area contributed by atoms with Crippen LogP contribution in [-0.2, 0) is 0 Å². The summed E-state index contributed by atoms with van der Waals surface area (Å²) in [5.41, 5.74) is 6.43. The van der Waals surface area contributed by atoms with Crippen molar-refractivity contribution in [3.63, 3.8) is 0 Å². The van der Waals surface area contributed by atoms with Crippen LogP contribution in [0.3, 0.4) is 0 Å². The molecule has 3 aromatic rings. The first-order chi connectivity index (χ1) is 16.5. The molecule has 1 fully saturated rings. The molecular weight excluding hydrogens is 429 g/mol. The molecule has 0 spiro atoms. The Hall–Kier alpha value is -3.31. The molecule has 2 heterocycles. The summed E-state index contributed by atoms with van der Waals surface area (Å²) >= 11 is 0. The lowest BCUT2D eigenvalue weighted by molar-refractivity contribution is 0.0668. The maximum atomic E-state index is 12.6. The van der Waals surface area contributed by atoms with Crippen molar-refractivity contribution in [2.45, 2.75) is 20.0 Å². The summed E-state index contributed by atoms with van der Waals surface area (Å²) in [7, 11) is 0. The van der Waals surface area contributed by atoms with E-state index in [1.54, 1.807) is 12.1 Å². The third-order valence-corrected chi connectivity index (χ3v) is 6.75. The summed E-state index contributed by atoms with van der Waals surface area (Å²) in [5.74, 6) is 1.99. The number of hydrogen-bond donors (Lipinski definition) is 1. The summed E-state index contributed by atoms with van der Waals surface area (Å²) in [6.45, 7) is 6.98. The Morgan fingerprint density at radius 3 is 2.44 bits per heavy atom. The minimum Gasteiger partial charge on any atom is -0.508 e. The highest BCUT2D eigenvalue weighted by molar-refractivity contribution is 5.95. The summed E-state index contributed by atoms with van der Waals surface area (Å²) in [6, 6.07) is 21.8. The van der Waals surface area contributed by atoms with Gasteiger partial charge < -0.3 is 14.6 Å². The Kier molecular flexibility index (Phi) is 6.29. The third-order valence-electron chi connectivity index (χ3n) is 6.75. The van der Waals surface area contributed by atoms with Gasteiger partial charge in [0.25, 0.3) is 0 Å². The fourth-order valence-corrected chi connectivity index (χ4v) is 4.77. The molecule has 2 aliphatic heterocycles. The maximum absolute atomic E-state index is 12.6. The Morgan fingerprint density at radius 2 is 1.74 bits per heavy atom. The van der Waals surface area contributed by atoms with Crippen molar-refractivity contribution in [3.8, 4) is 17.2 Å². The monoisotopic (exact) mass is 459 g/mol. The average molecular weight is 460 g/mol. The number of aromatic hydroxyl groups is 1. The van der Waals surface area contributed by atoms with Gasteiger partial charge in [-0.25, -0.2) is 0 Å². The predicted molar refractivity (Wildman–Crippen MR) is 133 cm³/mol. The van der Waals surface area contributed by atoms with E-state index in [0.717, 1.165) is 59.0 Å². The van der Waals surface area contributed by atoms with Crippen LogP contribution < -0.4 is 9.47 Å². The van der Waals surface area contributed by atoms with E-state index in [1.807, 2.05) is 18.2 Å². The number of rotatable bonds is 7. The molecule has 1 atom stereocenters. The Bertz CT molecular complexity index is 1180. The molecule has 0 aromatic heterocycles. The molecule has 1 saturated heterocycles. The fraction of sp³-hybridized carbons (Fsp3) is 0.310. The lowest BCUT2D eigenvalue weighted by Crippen LogP contribution is -2.49. The van der Waals surface area contributed by atoms with E-state index in [1.165, 1.54) is 5.56 Å². The van der Waals surface area contributed by atoms with Gasteiger partial charge in [0, 0.05) is 36.7 Å². The molecular formula is C29H30FNO3. The number of hydrogen-bond acceptors (Lipinski definition) is 4. The number of likely N-dealkylation sites (tertiary alicyclic amines) is 1. The number of halogens is 1. The standard InChI is InChI=1S/C29H30FNO3/c1-19-3-5-22(6-4-19)28-20(2)26-15-24(32)9-12-27(26)34-29(28)23-7-10-25(11-8-23)33-14-13-31-17-21(16-30)18-31/h3-12,15,21,29,32H,13-14,16-18H2,1-2H3/t29-/m0/s1. The van der Waals surface area contributed by atoms with E-state index >= 15 is 0 Å². The highest BCUT2D eigenvalue weighted by Gasteiger charge is 2.30. The van der Waals surface area contributed by atoms with Crippen LogP contribution in [0, 0.1) is 12.8 Å². The number of allylic oxidation sites excluding steroid dienone is 1. The first kappa shape index (κ1) is 22.5. The van der Waals surface area contributed by atoms with Gasteiger partial charge in [0.05, 0.1) is 6.67 Å². The zero-order valence-corrected chi connectivity index (χ0v) is 19.6. The highest BCUT2D eigenvalue weighted by Crippen LogP contribution is 2.47. The molecule has 1 N–H and O–H groups in total. The van der Waals surface area contributed by atoms with Gasteiger partial charge in [0.15, 0.2) is 0 Å². The second-order valence-electron chi connectivity index (χ2n) is 9.28. The van der Waals surface area contributed by atoms with E-state index in [9.17, 15) is 9.50 Å². The largest absolute Gasteiger partial charge is 0.508 e. The molecule has 2 aliphatic rings. The van der Waals surface area contributed by atoms with Crippen molar-refractivity contribution in [1.82, 2.24) is 4.90 Å². The topological polar surface area (TPSA) is 41.9 Å². The molecule has 3 aromatic carbocycles. The Morgan fingerprint density at radius 1 is 1.00 bits per heavy atom. The molecule has 5 rings (SSSR count). The molecule has 4 nitrogen and oxygen atoms in total. The highest BCUT2D eigenvalue weighted by atomic mass is 19.1. The molecule has 5 heteroatoms. The number of fused-ring (bicyclic) bond motifs is 1. The number of nitrogens with zero attached hydrogens (tertiary/aromatic N) is 1. The van der Waals surface area contributed by atoms with Crippen molar-refractivity contribution in [3.05, 3.63) is 89.0 Å². The van der Waals surface area contributed by atoms with Crippen molar-refractivity contribution in [2.75, 3.05) is 32.9 Å². The smallest absolute Gasteiger partial charge is 0.150 e. The Balaban J connectivity index is 1.37. The number of ether oxygens (including phenoxy) is 2. The number of aryl methyl sites for hydroxylation is 1. The van der Waals surface area contributed by atoms with Crippen molar-refractivity contribution in [2.24, 2.45) is 5.92 Å². The van der Waals surface area contributed by atoms with Crippen LogP contribution in [0.15, 0.2) is 66.7 Å². The van der Waals surface area contributed by atoms with Crippen molar-refractivity contribution >= 4 is 11.1 Å². The average Bonchev–Trinajstić information content (AvgIpc) is 2.82. The van der Waals surface area contributed by atoms with Crippen LogP contribution in [0.2, 0.25) is 0 Å². The van der Waals surface area contributed by atoms with Crippen molar-refractivity contribution in [1.29, 1.82) is 0 Å². The summed E-state index contributed by atoms with van der Waals surface area (Å²) in [6.07, 6.45) is -0.271. The van der Waals surface area contributed by atoms with Gasteiger partial charge in [-0.15, -0.1) is 0 Å². The molecule has 0 bridgehead atoms. The van der Waals surface area contributed by atoms with Crippen LogP contribution >= 0.6 is 0 Å². The van der Waals surface area contributed by atoms with Crippen LogP contribution in [-0.4, -0.2) is 42.9 Å². The van der Waals surface area contributed by atoms with Crippen LogP contribution in [0.4, 0.5) is 4.39 Å². The minimum absolute atomic E-state index is 0.197. The van der Waals surface area contributed by atoms with Gasteiger partial charge in [-0.2, -0.15) is 0 Å². The third kappa shape index (κ3) is 4.53. The Labute approximate surface area is 200 Å². The van der Waals surface area contributed by atoms with Crippen LogP contribution in [0.5, 0.6) is 17.2 Å². The minimum atomic E-state index is -0.271. The van der Waals surface area contributed by atoms with Gasteiger partial charge >= 0.3 is 0 Å². The molecule has 0 radical (unpaired) electrons. The number of phenols is 1. The van der Waals surface area contributed by atoms with E-state index in [4.69, 9.17) is 9.47 Å². The van der Waals surface area contributed by atoms with E-state index in [-0.39, 0.29) is 24.4 Å². The normalized spacial score (nSPS) is 18.3. The SMILES string of the molecule is CC1=C(c2ccc(C)cc2)[C@H](c2ccc(OCCN3CC(CF)C3)cc2)Oc2ccc(O)cc21. The van der Waals surface area contributed by atoms with E-state index in [2.05, 4.69) is 55.1 Å². The lowest BCUT2D eigenvalue weighted by atomic mass is 9.86. The lowest BCUT2D eigenvalue weighted by Gasteiger charge is -2.37. The molecule has 176 valence electrons. The first-order valence-corrected chi connectivity index (χ1v) is 11.8. The second kappa shape index (κ2) is 9.51. The van der Waals surface area contributed by atoms with Gasteiger partial charge in [-0.3, -0.25) is 9.29 Å². The summed E-state index contributed by atoms with van der Waals surface area (Å²) in [4.78, 5) is 2.21.